The zero-order chi connectivity index (χ0) is 17.1. The lowest BCUT2D eigenvalue weighted by atomic mass is 9.75. The molecular weight excluding hydrogens is 314 g/mol. The van der Waals surface area contributed by atoms with Crippen molar-refractivity contribution in [2.75, 3.05) is 19.7 Å². The fourth-order valence-electron chi connectivity index (χ4n) is 3.99. The van der Waals surface area contributed by atoms with E-state index in [-0.39, 0.29) is 12.0 Å². The molecule has 2 heterocycles. The highest BCUT2D eigenvalue weighted by Gasteiger charge is 2.35. The van der Waals surface area contributed by atoms with Gasteiger partial charge in [0.1, 0.15) is 11.0 Å². The number of aliphatic hydroxyl groups excluding tert-OH is 1. The average Bonchev–Trinajstić information content (AvgIpc) is 3.11. The molecule has 1 aromatic heterocycles. The highest BCUT2D eigenvalue weighted by molar-refractivity contribution is 5.73. The van der Waals surface area contributed by atoms with Crippen molar-refractivity contribution in [3.8, 4) is 0 Å². The molecule has 5 heteroatoms. The monoisotopic (exact) mass is 337 g/mol. The summed E-state index contributed by atoms with van der Waals surface area (Å²) < 4.78 is 4.78. The van der Waals surface area contributed by atoms with E-state index in [1.54, 1.807) is 0 Å². The van der Waals surface area contributed by atoms with Crippen LogP contribution in [0.15, 0.2) is 53.2 Å². The molecule has 0 amide bonds. The lowest BCUT2D eigenvalue weighted by Gasteiger charge is -2.42. The van der Waals surface area contributed by atoms with Crippen LogP contribution in [-0.2, 0) is 13.0 Å². The van der Waals surface area contributed by atoms with E-state index in [4.69, 9.17) is 4.63 Å². The molecule has 1 aliphatic heterocycles. The van der Waals surface area contributed by atoms with Gasteiger partial charge in [-0.3, -0.25) is 4.90 Å². The Morgan fingerprint density at radius 1 is 1.04 bits per heavy atom. The van der Waals surface area contributed by atoms with Crippen molar-refractivity contribution in [2.24, 2.45) is 5.41 Å². The summed E-state index contributed by atoms with van der Waals surface area (Å²) in [5.41, 5.74) is 4.03. The SMILES string of the molecule is OC[C@@]1(Cc2ccccc2)CCCN(Cc2ccc3nonc3c2)C1. The molecule has 0 bridgehead atoms. The van der Waals surface area contributed by atoms with Gasteiger partial charge in [0, 0.05) is 18.5 Å². The number of piperidine rings is 1. The Balaban J connectivity index is 1.49. The van der Waals surface area contributed by atoms with Crippen molar-refractivity contribution in [1.29, 1.82) is 0 Å². The van der Waals surface area contributed by atoms with Gasteiger partial charge in [-0.25, -0.2) is 4.63 Å². The second-order valence-electron chi connectivity index (χ2n) is 7.22. The molecule has 5 nitrogen and oxygen atoms in total. The predicted octanol–water partition coefficient (Wildman–Crippen LogP) is 3.04. The van der Waals surface area contributed by atoms with Crippen LogP contribution in [0.5, 0.6) is 0 Å². The first-order valence-electron chi connectivity index (χ1n) is 8.85. The summed E-state index contributed by atoms with van der Waals surface area (Å²) in [6, 6.07) is 16.6. The molecule has 0 spiro atoms. The number of rotatable bonds is 5. The summed E-state index contributed by atoms with van der Waals surface area (Å²) >= 11 is 0. The molecule has 1 saturated heterocycles. The molecule has 0 aliphatic carbocycles. The molecule has 4 rings (SSSR count). The van der Waals surface area contributed by atoms with Crippen LogP contribution in [0.2, 0.25) is 0 Å². The van der Waals surface area contributed by atoms with Gasteiger partial charge in [-0.15, -0.1) is 0 Å². The summed E-state index contributed by atoms with van der Waals surface area (Å²) in [7, 11) is 0. The Morgan fingerprint density at radius 2 is 1.88 bits per heavy atom. The molecule has 1 fully saturated rings. The second kappa shape index (κ2) is 6.94. The zero-order valence-electron chi connectivity index (χ0n) is 14.3. The minimum Gasteiger partial charge on any atom is -0.396 e. The van der Waals surface area contributed by atoms with Gasteiger partial charge >= 0.3 is 0 Å². The average molecular weight is 337 g/mol. The van der Waals surface area contributed by atoms with E-state index >= 15 is 0 Å². The third-order valence-electron chi connectivity index (χ3n) is 5.22. The van der Waals surface area contributed by atoms with Gasteiger partial charge < -0.3 is 5.11 Å². The Hall–Kier alpha value is -2.24. The Kier molecular flexibility index (Phi) is 4.51. The molecule has 2 aromatic carbocycles. The van der Waals surface area contributed by atoms with E-state index in [1.807, 2.05) is 18.2 Å². The second-order valence-corrected chi connectivity index (χ2v) is 7.22. The highest BCUT2D eigenvalue weighted by atomic mass is 16.6. The number of likely N-dealkylation sites (tertiary alicyclic amines) is 1. The van der Waals surface area contributed by atoms with Crippen LogP contribution in [0.3, 0.4) is 0 Å². The third kappa shape index (κ3) is 3.57. The normalized spacial score (nSPS) is 21.6. The molecule has 0 saturated carbocycles. The molecule has 0 radical (unpaired) electrons. The lowest BCUT2D eigenvalue weighted by Crippen LogP contribution is -2.46. The molecular formula is C20H23N3O2. The maximum absolute atomic E-state index is 10.1. The van der Waals surface area contributed by atoms with Crippen LogP contribution in [0.4, 0.5) is 0 Å². The quantitative estimate of drug-likeness (QED) is 0.775. The fourth-order valence-corrected chi connectivity index (χ4v) is 3.99. The van der Waals surface area contributed by atoms with E-state index in [0.717, 1.165) is 49.9 Å². The molecule has 1 atom stereocenters. The van der Waals surface area contributed by atoms with E-state index < -0.39 is 0 Å². The van der Waals surface area contributed by atoms with Crippen molar-refractivity contribution < 1.29 is 9.74 Å². The number of aliphatic hydroxyl groups is 1. The van der Waals surface area contributed by atoms with Crippen LogP contribution >= 0.6 is 0 Å². The number of hydrogen-bond donors (Lipinski definition) is 1. The van der Waals surface area contributed by atoms with Crippen molar-refractivity contribution in [1.82, 2.24) is 15.2 Å². The van der Waals surface area contributed by atoms with Gasteiger partial charge in [0.05, 0.1) is 6.61 Å². The summed E-state index contributed by atoms with van der Waals surface area (Å²) in [6.07, 6.45) is 3.11. The predicted molar refractivity (Wildman–Crippen MR) is 96.0 cm³/mol. The van der Waals surface area contributed by atoms with Gasteiger partial charge in [-0.05, 0) is 59.4 Å². The number of fused-ring (bicyclic) bond motifs is 1. The van der Waals surface area contributed by atoms with Gasteiger partial charge in [0.2, 0.25) is 0 Å². The van der Waals surface area contributed by atoms with Crippen molar-refractivity contribution in [2.45, 2.75) is 25.8 Å². The first-order valence-corrected chi connectivity index (χ1v) is 8.85. The first-order chi connectivity index (χ1) is 12.3. The molecule has 130 valence electrons. The first kappa shape index (κ1) is 16.2. The summed E-state index contributed by atoms with van der Waals surface area (Å²) in [5, 5.41) is 17.9. The van der Waals surface area contributed by atoms with E-state index in [9.17, 15) is 5.11 Å². The fraction of sp³-hybridized carbons (Fsp3) is 0.400. The Morgan fingerprint density at radius 3 is 2.72 bits per heavy atom. The van der Waals surface area contributed by atoms with Gasteiger partial charge in [0.15, 0.2) is 0 Å². The third-order valence-corrected chi connectivity index (χ3v) is 5.22. The molecule has 25 heavy (non-hydrogen) atoms. The van der Waals surface area contributed by atoms with Crippen LogP contribution < -0.4 is 0 Å². The van der Waals surface area contributed by atoms with Crippen LogP contribution in [0, 0.1) is 5.41 Å². The van der Waals surface area contributed by atoms with Gasteiger partial charge in [0.25, 0.3) is 0 Å². The summed E-state index contributed by atoms with van der Waals surface area (Å²) in [6.45, 7) is 3.06. The molecule has 3 aromatic rings. The largest absolute Gasteiger partial charge is 0.396 e. The smallest absolute Gasteiger partial charge is 0.135 e. The van der Waals surface area contributed by atoms with Crippen molar-refractivity contribution in [3.63, 3.8) is 0 Å². The number of aromatic nitrogens is 2. The van der Waals surface area contributed by atoms with Crippen molar-refractivity contribution >= 4 is 11.0 Å². The summed E-state index contributed by atoms with van der Waals surface area (Å²) in [5.74, 6) is 0. The van der Waals surface area contributed by atoms with Crippen LogP contribution in [0.1, 0.15) is 24.0 Å². The number of nitrogens with zero attached hydrogens (tertiary/aromatic N) is 3. The summed E-state index contributed by atoms with van der Waals surface area (Å²) in [4.78, 5) is 2.44. The van der Waals surface area contributed by atoms with Gasteiger partial charge in [-0.1, -0.05) is 36.4 Å². The maximum atomic E-state index is 10.1. The van der Waals surface area contributed by atoms with Gasteiger partial charge in [-0.2, -0.15) is 0 Å². The Labute approximate surface area is 147 Å². The van der Waals surface area contributed by atoms with E-state index in [2.05, 4.69) is 45.5 Å². The minimum atomic E-state index is -0.0564. The Bertz CT molecular complexity index is 833. The lowest BCUT2D eigenvalue weighted by molar-refractivity contribution is 0.0289. The minimum absolute atomic E-state index is 0.0564. The van der Waals surface area contributed by atoms with Crippen molar-refractivity contribution in [3.05, 3.63) is 59.7 Å². The molecule has 0 unspecified atom stereocenters. The molecule has 1 aliphatic rings. The maximum Gasteiger partial charge on any atom is 0.135 e. The standard InChI is InChI=1S/C20H23N3O2/c24-15-20(12-16-5-2-1-3-6-16)9-4-10-23(14-20)13-17-7-8-18-19(11-17)22-25-21-18/h1-3,5-8,11,24H,4,9-10,12-15H2/t20-/m1/s1. The number of benzene rings is 2. The van der Waals surface area contributed by atoms with Crippen LogP contribution in [-0.4, -0.2) is 40.0 Å². The topological polar surface area (TPSA) is 62.4 Å². The molecule has 1 N–H and O–H groups in total. The van der Waals surface area contributed by atoms with E-state index in [0.29, 0.717) is 0 Å². The zero-order valence-corrected chi connectivity index (χ0v) is 14.3. The highest BCUT2D eigenvalue weighted by Crippen LogP contribution is 2.34. The van der Waals surface area contributed by atoms with Crippen LogP contribution in [0.25, 0.3) is 11.0 Å². The number of hydrogen-bond acceptors (Lipinski definition) is 5. The van der Waals surface area contributed by atoms with E-state index in [1.165, 1.54) is 11.1 Å².